The van der Waals surface area contributed by atoms with Crippen molar-refractivity contribution in [3.63, 3.8) is 0 Å². The van der Waals surface area contributed by atoms with Crippen LogP contribution in [-0.4, -0.2) is 24.3 Å². The fraction of sp³-hybridized carbons (Fsp3) is 0.200. The Balaban J connectivity index is 3.23. The van der Waals surface area contributed by atoms with E-state index in [1.165, 1.54) is 13.2 Å². The molecule has 0 saturated carbocycles. The van der Waals surface area contributed by atoms with Gasteiger partial charge >= 0.3 is 5.97 Å². The van der Waals surface area contributed by atoms with E-state index in [9.17, 15) is 19.7 Å². The molecule has 1 rings (SSSR count). The summed E-state index contributed by atoms with van der Waals surface area (Å²) < 4.78 is 4.44. The third kappa shape index (κ3) is 3.01. The predicted molar refractivity (Wildman–Crippen MR) is 59.2 cm³/mol. The Morgan fingerprint density at radius 2 is 2.24 bits per heavy atom. The van der Waals surface area contributed by atoms with Gasteiger partial charge in [0.1, 0.15) is 5.02 Å². The molecule has 0 radical (unpaired) electrons. The van der Waals surface area contributed by atoms with Gasteiger partial charge in [-0.3, -0.25) is 19.7 Å². The van der Waals surface area contributed by atoms with Crippen molar-refractivity contribution >= 4 is 29.5 Å². The smallest absolute Gasteiger partial charge is 0.310 e. The Morgan fingerprint density at radius 1 is 1.59 bits per heavy atom. The number of rotatable bonds is 4. The molecule has 0 amide bonds. The highest BCUT2D eigenvalue weighted by molar-refractivity contribution is 6.32. The van der Waals surface area contributed by atoms with Crippen LogP contribution in [-0.2, 0) is 16.0 Å². The highest BCUT2D eigenvalue weighted by Crippen LogP contribution is 2.27. The minimum atomic E-state index is -0.697. The zero-order chi connectivity index (χ0) is 13.0. The molecule has 7 heteroatoms. The van der Waals surface area contributed by atoms with Crippen molar-refractivity contribution in [3.8, 4) is 0 Å². The Hall–Kier alpha value is -1.95. The Morgan fingerprint density at radius 3 is 2.71 bits per heavy atom. The summed E-state index contributed by atoms with van der Waals surface area (Å²) in [7, 11) is 1.20. The van der Waals surface area contributed by atoms with Crippen LogP contribution in [0.3, 0.4) is 0 Å². The molecule has 1 aromatic rings. The van der Waals surface area contributed by atoms with Crippen molar-refractivity contribution in [1.82, 2.24) is 0 Å². The maximum atomic E-state index is 11.1. The first-order chi connectivity index (χ1) is 7.99. The van der Waals surface area contributed by atoms with Gasteiger partial charge in [-0.1, -0.05) is 11.6 Å². The number of methoxy groups -OCH3 is 1. The summed E-state index contributed by atoms with van der Waals surface area (Å²) >= 11 is 5.67. The predicted octanol–water partition coefficient (Wildman–Crippen LogP) is 1.78. The summed E-state index contributed by atoms with van der Waals surface area (Å²) in [6, 6.07) is 2.26. The summed E-state index contributed by atoms with van der Waals surface area (Å²) in [5, 5.41) is 10.5. The van der Waals surface area contributed by atoms with E-state index in [1.807, 2.05) is 0 Å². The van der Waals surface area contributed by atoms with E-state index in [2.05, 4.69) is 4.74 Å². The van der Waals surface area contributed by atoms with E-state index < -0.39 is 10.9 Å². The van der Waals surface area contributed by atoms with Crippen LogP contribution in [0.15, 0.2) is 12.1 Å². The first kappa shape index (κ1) is 13.1. The molecule has 0 aliphatic carbocycles. The van der Waals surface area contributed by atoms with Crippen LogP contribution < -0.4 is 0 Å². The van der Waals surface area contributed by atoms with Gasteiger partial charge in [0.25, 0.3) is 5.69 Å². The number of benzene rings is 1. The van der Waals surface area contributed by atoms with Crippen molar-refractivity contribution < 1.29 is 19.2 Å². The van der Waals surface area contributed by atoms with Gasteiger partial charge in [0.15, 0.2) is 6.29 Å². The Labute approximate surface area is 101 Å². The van der Waals surface area contributed by atoms with Crippen molar-refractivity contribution in [2.24, 2.45) is 0 Å². The number of carbonyl (C=O) groups is 2. The van der Waals surface area contributed by atoms with Gasteiger partial charge in [0.05, 0.1) is 18.5 Å². The van der Waals surface area contributed by atoms with Gasteiger partial charge in [-0.25, -0.2) is 0 Å². The number of nitro benzene ring substituents is 1. The molecule has 0 N–H and O–H groups in total. The third-order valence-electron chi connectivity index (χ3n) is 2.09. The first-order valence-corrected chi connectivity index (χ1v) is 4.86. The molecule has 0 fully saturated rings. The number of hydrogen-bond acceptors (Lipinski definition) is 5. The maximum absolute atomic E-state index is 11.1. The lowest BCUT2D eigenvalue weighted by atomic mass is 10.0. The molecule has 90 valence electrons. The van der Waals surface area contributed by atoms with E-state index in [4.69, 9.17) is 11.6 Å². The molecule has 0 aliphatic heterocycles. The van der Waals surface area contributed by atoms with E-state index in [0.717, 1.165) is 6.07 Å². The molecular weight excluding hydrogens is 250 g/mol. The van der Waals surface area contributed by atoms with Crippen LogP contribution >= 0.6 is 11.6 Å². The molecule has 17 heavy (non-hydrogen) atoms. The molecule has 0 heterocycles. The second kappa shape index (κ2) is 5.40. The number of carbonyl (C=O) groups excluding carboxylic acids is 2. The monoisotopic (exact) mass is 257 g/mol. The third-order valence-corrected chi connectivity index (χ3v) is 2.40. The average Bonchev–Trinajstić information content (AvgIpc) is 2.28. The summed E-state index contributed by atoms with van der Waals surface area (Å²) in [4.78, 5) is 31.7. The molecule has 0 unspecified atom stereocenters. The van der Waals surface area contributed by atoms with Crippen LogP contribution in [0.25, 0.3) is 0 Å². The standard InChI is InChI=1S/C10H8ClNO5/c1-17-10(14)4-6-2-8(11)9(12(15)16)3-7(6)5-13/h2-3,5H,4H2,1H3. The first-order valence-electron chi connectivity index (χ1n) is 4.48. The molecule has 0 aliphatic rings. The van der Waals surface area contributed by atoms with Gasteiger partial charge < -0.3 is 4.74 Å². The maximum Gasteiger partial charge on any atom is 0.310 e. The highest BCUT2D eigenvalue weighted by Gasteiger charge is 2.18. The van der Waals surface area contributed by atoms with Crippen LogP contribution in [0.1, 0.15) is 15.9 Å². The number of nitrogens with zero attached hydrogens (tertiary/aromatic N) is 1. The van der Waals surface area contributed by atoms with Gasteiger partial charge in [-0.2, -0.15) is 0 Å². The minimum absolute atomic E-state index is 0.0477. The highest BCUT2D eigenvalue weighted by atomic mass is 35.5. The number of nitro groups is 1. The summed E-state index contributed by atoms with van der Waals surface area (Å²) in [5.41, 5.74) is -0.0312. The lowest BCUT2D eigenvalue weighted by Gasteiger charge is -2.04. The quantitative estimate of drug-likeness (QED) is 0.355. The minimum Gasteiger partial charge on any atom is -0.469 e. The van der Waals surface area contributed by atoms with Gasteiger partial charge in [-0.05, 0) is 11.6 Å². The molecular formula is C10H8ClNO5. The van der Waals surface area contributed by atoms with Gasteiger partial charge in [0, 0.05) is 11.6 Å². The van der Waals surface area contributed by atoms with Crippen molar-refractivity contribution in [2.75, 3.05) is 7.11 Å². The zero-order valence-corrected chi connectivity index (χ0v) is 9.56. The fourth-order valence-corrected chi connectivity index (χ4v) is 1.50. The number of ether oxygens (including phenoxy) is 1. The molecule has 1 aromatic carbocycles. The van der Waals surface area contributed by atoms with E-state index >= 15 is 0 Å². The fourth-order valence-electron chi connectivity index (χ4n) is 1.25. The largest absolute Gasteiger partial charge is 0.469 e. The van der Waals surface area contributed by atoms with Crippen molar-refractivity contribution in [2.45, 2.75) is 6.42 Å². The number of esters is 1. The lowest BCUT2D eigenvalue weighted by Crippen LogP contribution is -2.07. The molecule has 0 atom stereocenters. The Bertz CT molecular complexity index is 486. The lowest BCUT2D eigenvalue weighted by molar-refractivity contribution is -0.384. The topological polar surface area (TPSA) is 86.5 Å². The normalized spacial score (nSPS) is 9.76. The molecule has 0 aromatic heterocycles. The van der Waals surface area contributed by atoms with Crippen molar-refractivity contribution in [3.05, 3.63) is 38.4 Å². The van der Waals surface area contributed by atoms with Crippen LogP contribution in [0.2, 0.25) is 5.02 Å². The summed E-state index contributed by atoms with van der Waals surface area (Å²) in [5.74, 6) is -0.557. The van der Waals surface area contributed by atoms with E-state index in [1.54, 1.807) is 0 Å². The molecule has 0 spiro atoms. The number of aldehydes is 1. The number of hydrogen-bond donors (Lipinski definition) is 0. The van der Waals surface area contributed by atoms with E-state index in [-0.39, 0.29) is 22.7 Å². The average molecular weight is 258 g/mol. The number of halogens is 1. The van der Waals surface area contributed by atoms with Crippen LogP contribution in [0.5, 0.6) is 0 Å². The second-order valence-electron chi connectivity index (χ2n) is 3.13. The van der Waals surface area contributed by atoms with E-state index in [0.29, 0.717) is 11.8 Å². The molecule has 6 nitrogen and oxygen atoms in total. The second-order valence-corrected chi connectivity index (χ2v) is 3.54. The summed E-state index contributed by atoms with van der Waals surface area (Å²) in [6.07, 6.45) is 0.268. The van der Waals surface area contributed by atoms with Gasteiger partial charge in [0.2, 0.25) is 0 Å². The SMILES string of the molecule is COC(=O)Cc1cc(Cl)c([N+](=O)[O-])cc1C=O. The zero-order valence-electron chi connectivity index (χ0n) is 8.81. The molecule has 0 bridgehead atoms. The van der Waals surface area contributed by atoms with Crippen molar-refractivity contribution in [1.29, 1.82) is 0 Å². The molecule has 0 saturated heterocycles. The summed E-state index contributed by atoms with van der Waals surface area (Å²) in [6.45, 7) is 0. The van der Waals surface area contributed by atoms with Gasteiger partial charge in [-0.15, -0.1) is 0 Å². The Kier molecular flexibility index (Phi) is 4.17. The van der Waals surface area contributed by atoms with Crippen LogP contribution in [0, 0.1) is 10.1 Å². The van der Waals surface area contributed by atoms with Crippen LogP contribution in [0.4, 0.5) is 5.69 Å².